The first kappa shape index (κ1) is 17.4. The molecule has 0 radical (unpaired) electrons. The number of carbonyl (C=O) groups is 1. The quantitative estimate of drug-likeness (QED) is 0.874. The molecule has 1 aliphatic rings. The molecule has 5 nitrogen and oxygen atoms in total. The molecule has 1 N–H and O–H groups in total. The number of pyridine rings is 1. The maximum absolute atomic E-state index is 12.1. The number of nitrogens with one attached hydrogen (secondary N) is 1. The van der Waals surface area contributed by atoms with Gasteiger partial charge in [-0.05, 0) is 54.8 Å². The van der Waals surface area contributed by atoms with Crippen LogP contribution in [0.15, 0.2) is 42.7 Å². The molecule has 0 spiro atoms. The number of aromatic nitrogens is 1. The van der Waals surface area contributed by atoms with E-state index in [0.29, 0.717) is 12.8 Å². The van der Waals surface area contributed by atoms with Crippen LogP contribution < -0.4 is 10.1 Å². The zero-order valence-electron chi connectivity index (χ0n) is 14.5. The highest BCUT2D eigenvalue weighted by Gasteiger charge is 2.16. The second-order valence-electron chi connectivity index (χ2n) is 6.31. The largest absolute Gasteiger partial charge is 0.490 e. The summed E-state index contributed by atoms with van der Waals surface area (Å²) in [6, 6.07) is 9.65. The molecule has 1 aromatic heterocycles. The SMILES string of the molecule is Cc1cc(NC(=O)CCc2ccncc2)ccc1OC1CCOCC1. The summed E-state index contributed by atoms with van der Waals surface area (Å²) in [4.78, 5) is 16.1. The van der Waals surface area contributed by atoms with Gasteiger partial charge in [0.1, 0.15) is 11.9 Å². The highest BCUT2D eigenvalue weighted by atomic mass is 16.5. The number of anilines is 1. The van der Waals surface area contributed by atoms with Crippen LogP contribution in [0.4, 0.5) is 5.69 Å². The van der Waals surface area contributed by atoms with E-state index in [1.165, 1.54) is 0 Å². The van der Waals surface area contributed by atoms with Gasteiger partial charge in [-0.3, -0.25) is 9.78 Å². The van der Waals surface area contributed by atoms with Gasteiger partial charge in [-0.1, -0.05) is 0 Å². The van der Waals surface area contributed by atoms with Gasteiger partial charge in [0.15, 0.2) is 0 Å². The minimum atomic E-state index is 0.00862. The maximum Gasteiger partial charge on any atom is 0.224 e. The van der Waals surface area contributed by atoms with Crippen molar-refractivity contribution in [2.75, 3.05) is 18.5 Å². The van der Waals surface area contributed by atoms with Gasteiger partial charge >= 0.3 is 0 Å². The fraction of sp³-hybridized carbons (Fsp3) is 0.400. The number of nitrogens with zero attached hydrogens (tertiary/aromatic N) is 1. The molecular formula is C20H24N2O3. The highest BCUT2D eigenvalue weighted by molar-refractivity contribution is 5.91. The number of ether oxygens (including phenoxy) is 2. The summed E-state index contributed by atoms with van der Waals surface area (Å²) in [5.74, 6) is 0.885. The van der Waals surface area contributed by atoms with E-state index in [9.17, 15) is 4.79 Å². The predicted octanol–water partition coefficient (Wildman–Crippen LogP) is 3.52. The van der Waals surface area contributed by atoms with Crippen LogP contribution in [-0.4, -0.2) is 30.2 Å². The number of benzene rings is 1. The molecule has 1 fully saturated rings. The Bertz CT molecular complexity index is 697. The van der Waals surface area contributed by atoms with E-state index in [1.54, 1.807) is 12.4 Å². The molecular weight excluding hydrogens is 316 g/mol. The standard InChI is InChI=1S/C20H24N2O3/c1-15-14-17(3-4-19(15)25-18-8-12-24-13-9-18)22-20(23)5-2-16-6-10-21-11-7-16/h3-4,6-7,10-11,14,18H,2,5,8-9,12-13H2,1H3,(H,22,23). The Morgan fingerprint density at radius 1 is 1.24 bits per heavy atom. The number of carbonyl (C=O) groups excluding carboxylic acids is 1. The second kappa shape index (κ2) is 8.62. The Hall–Kier alpha value is -2.40. The van der Waals surface area contributed by atoms with Crippen molar-refractivity contribution in [3.8, 4) is 5.75 Å². The van der Waals surface area contributed by atoms with Crippen molar-refractivity contribution in [1.29, 1.82) is 0 Å². The van der Waals surface area contributed by atoms with E-state index in [4.69, 9.17) is 9.47 Å². The number of hydrogen-bond acceptors (Lipinski definition) is 4. The lowest BCUT2D eigenvalue weighted by atomic mass is 10.1. The van der Waals surface area contributed by atoms with E-state index in [0.717, 1.165) is 48.6 Å². The monoisotopic (exact) mass is 340 g/mol. The molecule has 3 rings (SSSR count). The molecule has 25 heavy (non-hydrogen) atoms. The first-order chi connectivity index (χ1) is 12.2. The van der Waals surface area contributed by atoms with E-state index in [2.05, 4.69) is 10.3 Å². The molecule has 0 unspecified atom stereocenters. The molecule has 0 atom stereocenters. The predicted molar refractivity (Wildman–Crippen MR) is 96.8 cm³/mol. The molecule has 0 bridgehead atoms. The lowest BCUT2D eigenvalue weighted by molar-refractivity contribution is -0.116. The zero-order chi connectivity index (χ0) is 17.5. The van der Waals surface area contributed by atoms with Gasteiger partial charge in [-0.25, -0.2) is 0 Å². The van der Waals surface area contributed by atoms with Gasteiger partial charge in [0, 0.05) is 37.3 Å². The van der Waals surface area contributed by atoms with Crippen molar-refractivity contribution in [3.63, 3.8) is 0 Å². The van der Waals surface area contributed by atoms with Crippen molar-refractivity contribution >= 4 is 11.6 Å². The zero-order valence-corrected chi connectivity index (χ0v) is 14.5. The van der Waals surface area contributed by atoms with Gasteiger partial charge in [0.2, 0.25) is 5.91 Å². The Kier molecular flexibility index (Phi) is 6.01. The molecule has 1 aromatic carbocycles. The third-order valence-corrected chi connectivity index (χ3v) is 4.31. The summed E-state index contributed by atoms with van der Waals surface area (Å²) in [7, 11) is 0. The lowest BCUT2D eigenvalue weighted by Gasteiger charge is -2.24. The summed E-state index contributed by atoms with van der Waals surface area (Å²) in [6.45, 7) is 3.52. The van der Waals surface area contributed by atoms with Crippen LogP contribution in [-0.2, 0) is 16.0 Å². The summed E-state index contributed by atoms with van der Waals surface area (Å²) < 4.78 is 11.4. The van der Waals surface area contributed by atoms with Crippen LogP contribution in [0.2, 0.25) is 0 Å². The smallest absolute Gasteiger partial charge is 0.224 e. The van der Waals surface area contributed by atoms with Crippen LogP contribution in [0.1, 0.15) is 30.4 Å². The summed E-state index contributed by atoms with van der Waals surface area (Å²) in [5, 5.41) is 2.95. The van der Waals surface area contributed by atoms with E-state index in [-0.39, 0.29) is 12.0 Å². The third kappa shape index (κ3) is 5.29. The first-order valence-corrected chi connectivity index (χ1v) is 8.74. The van der Waals surface area contributed by atoms with Gasteiger partial charge < -0.3 is 14.8 Å². The normalized spacial score (nSPS) is 14.9. The number of aryl methyl sites for hydroxylation is 2. The number of amides is 1. The van der Waals surface area contributed by atoms with Crippen LogP contribution >= 0.6 is 0 Å². The van der Waals surface area contributed by atoms with Crippen molar-refractivity contribution in [2.45, 2.75) is 38.7 Å². The van der Waals surface area contributed by atoms with E-state index in [1.807, 2.05) is 37.3 Å². The van der Waals surface area contributed by atoms with Crippen molar-refractivity contribution in [1.82, 2.24) is 4.98 Å². The molecule has 1 aliphatic heterocycles. The van der Waals surface area contributed by atoms with E-state index < -0.39 is 0 Å². The highest BCUT2D eigenvalue weighted by Crippen LogP contribution is 2.25. The minimum Gasteiger partial charge on any atom is -0.490 e. The topological polar surface area (TPSA) is 60.5 Å². The van der Waals surface area contributed by atoms with Crippen molar-refractivity contribution < 1.29 is 14.3 Å². The van der Waals surface area contributed by atoms with Gasteiger partial charge in [0.25, 0.3) is 0 Å². The first-order valence-electron chi connectivity index (χ1n) is 8.74. The maximum atomic E-state index is 12.1. The molecule has 2 aromatic rings. The van der Waals surface area contributed by atoms with Crippen molar-refractivity contribution in [3.05, 3.63) is 53.9 Å². The van der Waals surface area contributed by atoms with Crippen LogP contribution in [0.3, 0.4) is 0 Å². The molecule has 132 valence electrons. The van der Waals surface area contributed by atoms with Gasteiger partial charge in [0.05, 0.1) is 13.2 Å². The van der Waals surface area contributed by atoms with Gasteiger partial charge in [-0.15, -0.1) is 0 Å². The van der Waals surface area contributed by atoms with E-state index >= 15 is 0 Å². The molecule has 0 aliphatic carbocycles. The minimum absolute atomic E-state index is 0.00862. The molecule has 1 amide bonds. The lowest BCUT2D eigenvalue weighted by Crippen LogP contribution is -2.26. The molecule has 2 heterocycles. The molecule has 1 saturated heterocycles. The summed E-state index contributed by atoms with van der Waals surface area (Å²) >= 11 is 0. The Balaban J connectivity index is 1.52. The van der Waals surface area contributed by atoms with Crippen molar-refractivity contribution in [2.24, 2.45) is 0 Å². The number of hydrogen-bond donors (Lipinski definition) is 1. The van der Waals surface area contributed by atoms with Crippen LogP contribution in [0.25, 0.3) is 0 Å². The Morgan fingerprint density at radius 3 is 2.72 bits per heavy atom. The average molecular weight is 340 g/mol. The number of rotatable bonds is 6. The average Bonchev–Trinajstić information content (AvgIpc) is 2.64. The van der Waals surface area contributed by atoms with Crippen LogP contribution in [0, 0.1) is 6.92 Å². The summed E-state index contributed by atoms with van der Waals surface area (Å²) in [5.41, 5.74) is 2.94. The fourth-order valence-electron chi connectivity index (χ4n) is 2.86. The summed E-state index contributed by atoms with van der Waals surface area (Å²) in [6.07, 6.45) is 6.71. The van der Waals surface area contributed by atoms with Crippen LogP contribution in [0.5, 0.6) is 5.75 Å². The Morgan fingerprint density at radius 2 is 2.00 bits per heavy atom. The fourth-order valence-corrected chi connectivity index (χ4v) is 2.86. The van der Waals surface area contributed by atoms with Gasteiger partial charge in [-0.2, -0.15) is 0 Å². The molecule has 0 saturated carbocycles. The second-order valence-corrected chi connectivity index (χ2v) is 6.31. The Labute approximate surface area is 148 Å². The molecule has 5 heteroatoms. The third-order valence-electron chi connectivity index (χ3n) is 4.31.